The first kappa shape index (κ1) is 9.82. The molecule has 0 spiro atoms. The van der Waals surface area contributed by atoms with E-state index in [1.807, 2.05) is 6.07 Å². The van der Waals surface area contributed by atoms with Gasteiger partial charge in [0.1, 0.15) is 5.82 Å². The number of nitrogens with one attached hydrogen (secondary N) is 1. The van der Waals surface area contributed by atoms with Gasteiger partial charge in [-0.25, -0.2) is 4.39 Å². The number of rotatable bonds is 1. The first-order valence-electron chi connectivity index (χ1n) is 5.73. The molecule has 1 aromatic carbocycles. The van der Waals surface area contributed by atoms with Crippen LogP contribution in [0.15, 0.2) is 24.3 Å². The summed E-state index contributed by atoms with van der Waals surface area (Å²) >= 11 is 0. The third-order valence-corrected chi connectivity index (χ3v) is 4.02. The molecule has 2 aliphatic rings. The monoisotopic (exact) mass is 219 g/mol. The maximum Gasteiger partial charge on any atom is 0.223 e. The van der Waals surface area contributed by atoms with E-state index in [0.717, 1.165) is 24.8 Å². The Morgan fingerprint density at radius 3 is 3.12 bits per heavy atom. The second kappa shape index (κ2) is 3.30. The van der Waals surface area contributed by atoms with Crippen molar-refractivity contribution < 1.29 is 9.18 Å². The molecule has 84 valence electrons. The van der Waals surface area contributed by atoms with Crippen LogP contribution in [0.5, 0.6) is 0 Å². The van der Waals surface area contributed by atoms with E-state index in [-0.39, 0.29) is 23.1 Å². The summed E-state index contributed by atoms with van der Waals surface area (Å²) in [5.41, 5.74) is 1.02. The molecule has 1 amide bonds. The predicted octanol–water partition coefficient (Wildman–Crippen LogP) is 1.99. The van der Waals surface area contributed by atoms with Crippen LogP contribution >= 0.6 is 0 Å². The van der Waals surface area contributed by atoms with Gasteiger partial charge in [-0.2, -0.15) is 0 Å². The van der Waals surface area contributed by atoms with E-state index in [1.54, 1.807) is 12.1 Å². The van der Waals surface area contributed by atoms with Gasteiger partial charge in [-0.05, 0) is 37.0 Å². The van der Waals surface area contributed by atoms with Gasteiger partial charge in [0.2, 0.25) is 5.91 Å². The summed E-state index contributed by atoms with van der Waals surface area (Å²) in [6, 6.07) is 6.81. The molecule has 3 heteroatoms. The van der Waals surface area contributed by atoms with Crippen LogP contribution < -0.4 is 5.32 Å². The van der Waals surface area contributed by atoms with Gasteiger partial charge in [0.05, 0.1) is 0 Å². The highest BCUT2D eigenvalue weighted by Crippen LogP contribution is 2.46. The van der Waals surface area contributed by atoms with E-state index in [9.17, 15) is 9.18 Å². The first-order valence-corrected chi connectivity index (χ1v) is 5.73. The van der Waals surface area contributed by atoms with Gasteiger partial charge in [-0.3, -0.25) is 4.79 Å². The van der Waals surface area contributed by atoms with Crippen LogP contribution in [-0.2, 0) is 10.2 Å². The highest BCUT2D eigenvalue weighted by atomic mass is 19.1. The Balaban J connectivity index is 1.98. The zero-order chi connectivity index (χ0) is 11.2. The van der Waals surface area contributed by atoms with Crippen LogP contribution in [0.1, 0.15) is 24.8 Å². The lowest BCUT2D eigenvalue weighted by molar-refractivity contribution is -0.126. The SMILES string of the molecule is O=C1NCC2(c3cccc(F)c3)CCC1C2. The molecular formula is C13H14FNO. The van der Waals surface area contributed by atoms with Crippen molar-refractivity contribution in [3.63, 3.8) is 0 Å². The predicted molar refractivity (Wildman–Crippen MR) is 58.4 cm³/mol. The molecule has 2 fully saturated rings. The maximum absolute atomic E-state index is 13.2. The molecule has 2 atom stereocenters. The average molecular weight is 219 g/mol. The van der Waals surface area contributed by atoms with E-state index in [2.05, 4.69) is 5.32 Å². The van der Waals surface area contributed by atoms with Crippen molar-refractivity contribution in [3.8, 4) is 0 Å². The van der Waals surface area contributed by atoms with Crippen LogP contribution in [0.4, 0.5) is 4.39 Å². The second-order valence-electron chi connectivity index (χ2n) is 4.95. The third kappa shape index (κ3) is 1.34. The van der Waals surface area contributed by atoms with Crippen molar-refractivity contribution >= 4 is 5.91 Å². The standard InChI is InChI=1S/C13H14FNO/c14-11-3-1-2-10(6-11)13-5-4-9(7-13)12(16)15-8-13/h1-3,6,9H,4-5,7-8H2,(H,15,16). The van der Waals surface area contributed by atoms with Crippen molar-refractivity contribution in [1.29, 1.82) is 0 Å². The molecule has 3 rings (SSSR count). The molecular weight excluding hydrogens is 205 g/mol. The number of halogens is 1. The molecule has 1 aromatic rings. The van der Waals surface area contributed by atoms with Crippen molar-refractivity contribution in [2.24, 2.45) is 5.92 Å². The van der Waals surface area contributed by atoms with Gasteiger partial charge in [0.25, 0.3) is 0 Å². The molecule has 1 N–H and O–H groups in total. The third-order valence-electron chi connectivity index (χ3n) is 4.02. The fraction of sp³-hybridized carbons (Fsp3) is 0.462. The van der Waals surface area contributed by atoms with E-state index in [1.165, 1.54) is 6.07 Å². The van der Waals surface area contributed by atoms with Crippen molar-refractivity contribution in [3.05, 3.63) is 35.6 Å². The smallest absolute Gasteiger partial charge is 0.223 e. The summed E-state index contributed by atoms with van der Waals surface area (Å²) in [5.74, 6) is 0.119. The molecule has 1 aliphatic carbocycles. The molecule has 2 bridgehead atoms. The molecule has 1 saturated heterocycles. The van der Waals surface area contributed by atoms with E-state index in [0.29, 0.717) is 6.54 Å². The van der Waals surface area contributed by atoms with Gasteiger partial charge in [0.15, 0.2) is 0 Å². The fourth-order valence-electron chi connectivity index (χ4n) is 3.09. The number of piperidine rings is 1. The highest BCUT2D eigenvalue weighted by molar-refractivity contribution is 5.80. The lowest BCUT2D eigenvalue weighted by Crippen LogP contribution is -2.45. The van der Waals surface area contributed by atoms with Crippen molar-refractivity contribution in [2.75, 3.05) is 6.54 Å². The summed E-state index contributed by atoms with van der Waals surface area (Å²) in [5, 5.41) is 2.94. The number of carbonyl (C=O) groups is 1. The fourth-order valence-corrected chi connectivity index (χ4v) is 3.09. The summed E-state index contributed by atoms with van der Waals surface area (Å²) in [6.45, 7) is 0.659. The minimum absolute atomic E-state index is 0.0132. The average Bonchev–Trinajstić information content (AvgIpc) is 2.66. The maximum atomic E-state index is 13.2. The molecule has 2 nitrogen and oxygen atoms in total. The Hall–Kier alpha value is -1.38. The Morgan fingerprint density at radius 2 is 2.31 bits per heavy atom. The number of amides is 1. The van der Waals surface area contributed by atoms with Gasteiger partial charge in [-0.15, -0.1) is 0 Å². The Labute approximate surface area is 93.9 Å². The molecule has 0 radical (unpaired) electrons. The second-order valence-corrected chi connectivity index (χ2v) is 4.95. The van der Waals surface area contributed by atoms with Gasteiger partial charge in [-0.1, -0.05) is 12.1 Å². The Kier molecular flexibility index (Phi) is 2.03. The van der Waals surface area contributed by atoms with Crippen molar-refractivity contribution in [1.82, 2.24) is 5.32 Å². The lowest BCUT2D eigenvalue weighted by Gasteiger charge is -2.33. The van der Waals surface area contributed by atoms with Gasteiger partial charge in [0, 0.05) is 17.9 Å². The Morgan fingerprint density at radius 1 is 1.44 bits per heavy atom. The largest absolute Gasteiger partial charge is 0.355 e. The molecule has 1 aliphatic heterocycles. The zero-order valence-corrected chi connectivity index (χ0v) is 9.00. The first-order chi connectivity index (χ1) is 7.70. The summed E-state index contributed by atoms with van der Waals surface area (Å²) < 4.78 is 13.2. The molecule has 0 aromatic heterocycles. The number of benzene rings is 1. The number of carbonyl (C=O) groups excluding carboxylic acids is 1. The normalized spacial score (nSPS) is 32.6. The van der Waals surface area contributed by atoms with Crippen LogP contribution in [0.3, 0.4) is 0 Å². The number of hydrogen-bond acceptors (Lipinski definition) is 1. The lowest BCUT2D eigenvalue weighted by atomic mass is 9.76. The summed E-state index contributed by atoms with van der Waals surface area (Å²) in [4.78, 5) is 11.5. The van der Waals surface area contributed by atoms with Crippen LogP contribution in [0.2, 0.25) is 0 Å². The molecule has 16 heavy (non-hydrogen) atoms. The van der Waals surface area contributed by atoms with Crippen LogP contribution in [0.25, 0.3) is 0 Å². The van der Waals surface area contributed by atoms with Gasteiger partial charge >= 0.3 is 0 Å². The zero-order valence-electron chi connectivity index (χ0n) is 9.00. The summed E-state index contributed by atoms with van der Waals surface area (Å²) in [7, 11) is 0. The highest BCUT2D eigenvalue weighted by Gasteiger charge is 2.46. The quantitative estimate of drug-likeness (QED) is 0.769. The van der Waals surface area contributed by atoms with Crippen LogP contribution in [0, 0.1) is 11.7 Å². The minimum atomic E-state index is -0.188. The molecule has 2 unspecified atom stereocenters. The van der Waals surface area contributed by atoms with Crippen molar-refractivity contribution in [2.45, 2.75) is 24.7 Å². The summed E-state index contributed by atoms with van der Waals surface area (Å²) in [6.07, 6.45) is 2.80. The van der Waals surface area contributed by atoms with E-state index < -0.39 is 0 Å². The number of fused-ring (bicyclic) bond motifs is 2. The van der Waals surface area contributed by atoms with Gasteiger partial charge < -0.3 is 5.32 Å². The molecule has 1 heterocycles. The molecule has 1 saturated carbocycles. The Bertz CT molecular complexity index is 445. The topological polar surface area (TPSA) is 29.1 Å². The number of hydrogen-bond donors (Lipinski definition) is 1. The van der Waals surface area contributed by atoms with Crippen LogP contribution in [-0.4, -0.2) is 12.5 Å². The minimum Gasteiger partial charge on any atom is -0.355 e. The van der Waals surface area contributed by atoms with E-state index >= 15 is 0 Å². The van der Waals surface area contributed by atoms with E-state index in [4.69, 9.17) is 0 Å².